The summed E-state index contributed by atoms with van der Waals surface area (Å²) in [5, 5.41) is 0.533. The first-order valence-corrected chi connectivity index (χ1v) is 9.39. The molecule has 2 aromatic rings. The van der Waals surface area contributed by atoms with Gasteiger partial charge in [-0.1, -0.05) is 11.6 Å². The lowest BCUT2D eigenvalue weighted by atomic mass is 10.2. The van der Waals surface area contributed by atoms with E-state index >= 15 is 0 Å². The van der Waals surface area contributed by atoms with Crippen LogP contribution in [0.4, 0.5) is 11.5 Å². The number of anilines is 2. The molecule has 0 amide bonds. The maximum absolute atomic E-state index is 12.4. The van der Waals surface area contributed by atoms with E-state index in [0.717, 1.165) is 18.9 Å². The minimum Gasteiger partial charge on any atom is -0.378 e. The Labute approximate surface area is 146 Å². The molecule has 0 spiro atoms. The van der Waals surface area contributed by atoms with Crippen molar-refractivity contribution in [1.82, 2.24) is 4.98 Å². The summed E-state index contributed by atoms with van der Waals surface area (Å²) in [5.41, 5.74) is 1.12. The number of nitrogens with zero attached hydrogens (tertiary/aromatic N) is 2. The third-order valence-electron chi connectivity index (χ3n) is 3.77. The van der Waals surface area contributed by atoms with Crippen LogP contribution in [-0.4, -0.2) is 39.7 Å². The van der Waals surface area contributed by atoms with Gasteiger partial charge in [0, 0.05) is 18.1 Å². The largest absolute Gasteiger partial charge is 0.378 e. The number of benzene rings is 1. The van der Waals surface area contributed by atoms with Crippen LogP contribution in [0.2, 0.25) is 5.02 Å². The first-order chi connectivity index (χ1) is 11.5. The number of ether oxygens (including phenoxy) is 1. The van der Waals surface area contributed by atoms with Gasteiger partial charge in [-0.15, -0.1) is 0 Å². The van der Waals surface area contributed by atoms with Crippen molar-refractivity contribution < 1.29 is 13.2 Å². The number of aromatic nitrogens is 1. The van der Waals surface area contributed by atoms with Crippen molar-refractivity contribution in [3.8, 4) is 0 Å². The smallest absolute Gasteiger partial charge is 0.261 e. The molecular formula is C16H18ClN3O3S. The second-order valence-electron chi connectivity index (χ2n) is 5.52. The summed E-state index contributed by atoms with van der Waals surface area (Å²) in [5.74, 6) is 0.809. The van der Waals surface area contributed by atoms with E-state index in [1.54, 1.807) is 31.2 Å². The molecule has 24 heavy (non-hydrogen) atoms. The van der Waals surface area contributed by atoms with E-state index in [9.17, 15) is 8.42 Å². The summed E-state index contributed by atoms with van der Waals surface area (Å²) in [6.45, 7) is 4.67. The molecule has 1 aromatic carbocycles. The molecule has 0 saturated carbocycles. The molecule has 0 radical (unpaired) electrons. The lowest BCUT2D eigenvalue weighted by molar-refractivity contribution is 0.122. The SMILES string of the molecule is Cc1cc(S(=O)(=O)Nc2ccc(N3CCOCC3)nc2)ccc1Cl. The zero-order valence-electron chi connectivity index (χ0n) is 13.2. The molecule has 8 heteroatoms. The molecule has 6 nitrogen and oxygen atoms in total. The first kappa shape index (κ1) is 17.0. The summed E-state index contributed by atoms with van der Waals surface area (Å²) in [4.78, 5) is 6.60. The average Bonchev–Trinajstić information content (AvgIpc) is 2.58. The summed E-state index contributed by atoms with van der Waals surface area (Å²) in [6, 6.07) is 8.10. The Morgan fingerprint density at radius 1 is 1.21 bits per heavy atom. The van der Waals surface area contributed by atoms with Crippen molar-refractivity contribution in [2.45, 2.75) is 11.8 Å². The van der Waals surface area contributed by atoms with Crippen LogP contribution in [0.15, 0.2) is 41.4 Å². The Balaban J connectivity index is 1.76. The number of nitrogens with one attached hydrogen (secondary N) is 1. The number of aryl methyl sites for hydroxylation is 1. The molecule has 1 saturated heterocycles. The molecule has 1 aliphatic heterocycles. The van der Waals surface area contributed by atoms with Gasteiger partial charge in [-0.25, -0.2) is 13.4 Å². The van der Waals surface area contributed by atoms with Crippen LogP contribution in [0.5, 0.6) is 0 Å². The van der Waals surface area contributed by atoms with E-state index in [4.69, 9.17) is 16.3 Å². The summed E-state index contributed by atoms with van der Waals surface area (Å²) in [6.07, 6.45) is 1.52. The van der Waals surface area contributed by atoms with E-state index in [2.05, 4.69) is 14.6 Å². The number of sulfonamides is 1. The Bertz CT molecular complexity index is 819. The van der Waals surface area contributed by atoms with Gasteiger partial charge in [-0.3, -0.25) is 4.72 Å². The molecule has 128 valence electrons. The monoisotopic (exact) mass is 367 g/mol. The molecule has 0 atom stereocenters. The topological polar surface area (TPSA) is 71.5 Å². The first-order valence-electron chi connectivity index (χ1n) is 7.53. The van der Waals surface area contributed by atoms with Crippen LogP contribution in [0.3, 0.4) is 0 Å². The highest BCUT2D eigenvalue weighted by atomic mass is 35.5. The van der Waals surface area contributed by atoms with Crippen LogP contribution in [-0.2, 0) is 14.8 Å². The van der Waals surface area contributed by atoms with Crippen LogP contribution < -0.4 is 9.62 Å². The van der Waals surface area contributed by atoms with Gasteiger partial charge in [0.1, 0.15) is 5.82 Å². The normalized spacial score (nSPS) is 15.3. The fraction of sp³-hybridized carbons (Fsp3) is 0.312. The van der Waals surface area contributed by atoms with E-state index in [0.29, 0.717) is 29.5 Å². The highest BCUT2D eigenvalue weighted by Gasteiger charge is 2.16. The maximum atomic E-state index is 12.4. The second-order valence-corrected chi connectivity index (χ2v) is 7.61. The average molecular weight is 368 g/mol. The predicted molar refractivity (Wildman–Crippen MR) is 94.3 cm³/mol. The number of pyridine rings is 1. The molecule has 0 bridgehead atoms. The van der Waals surface area contributed by atoms with Crippen molar-refractivity contribution >= 4 is 33.1 Å². The molecule has 1 aromatic heterocycles. The number of rotatable bonds is 4. The standard InChI is InChI=1S/C16H18ClN3O3S/c1-12-10-14(3-4-15(12)17)24(21,22)19-13-2-5-16(18-11-13)20-6-8-23-9-7-20/h2-5,10-11,19H,6-9H2,1H3. The van der Waals surface area contributed by atoms with Crippen molar-refractivity contribution in [3.63, 3.8) is 0 Å². The molecule has 1 aliphatic rings. The zero-order chi connectivity index (χ0) is 17.2. The van der Waals surface area contributed by atoms with Gasteiger partial charge in [-0.2, -0.15) is 0 Å². The number of morpholine rings is 1. The molecule has 1 fully saturated rings. The Morgan fingerprint density at radius 3 is 2.58 bits per heavy atom. The van der Waals surface area contributed by atoms with Gasteiger partial charge in [0.25, 0.3) is 10.0 Å². The quantitative estimate of drug-likeness (QED) is 0.899. The second kappa shape index (κ2) is 6.96. The van der Waals surface area contributed by atoms with Crippen LogP contribution >= 0.6 is 11.6 Å². The fourth-order valence-corrected chi connectivity index (χ4v) is 3.67. The van der Waals surface area contributed by atoms with Crippen LogP contribution in [0, 0.1) is 6.92 Å². The minimum absolute atomic E-state index is 0.168. The number of halogens is 1. The Hall–Kier alpha value is -1.83. The minimum atomic E-state index is -3.67. The lowest BCUT2D eigenvalue weighted by Gasteiger charge is -2.27. The highest BCUT2D eigenvalue weighted by molar-refractivity contribution is 7.92. The van der Waals surface area contributed by atoms with E-state index in [-0.39, 0.29) is 4.90 Å². The van der Waals surface area contributed by atoms with E-state index < -0.39 is 10.0 Å². The summed E-state index contributed by atoms with van der Waals surface area (Å²) >= 11 is 5.94. The molecular weight excluding hydrogens is 350 g/mol. The molecule has 2 heterocycles. The number of hydrogen-bond donors (Lipinski definition) is 1. The van der Waals surface area contributed by atoms with Crippen molar-refractivity contribution in [2.75, 3.05) is 35.9 Å². The van der Waals surface area contributed by atoms with Crippen molar-refractivity contribution in [1.29, 1.82) is 0 Å². The lowest BCUT2D eigenvalue weighted by Crippen LogP contribution is -2.36. The van der Waals surface area contributed by atoms with Gasteiger partial charge in [-0.05, 0) is 42.8 Å². The summed E-state index contributed by atoms with van der Waals surface area (Å²) in [7, 11) is -3.67. The zero-order valence-corrected chi connectivity index (χ0v) is 14.8. The summed E-state index contributed by atoms with van der Waals surface area (Å²) < 4.78 is 32.7. The van der Waals surface area contributed by atoms with Gasteiger partial charge < -0.3 is 9.64 Å². The molecule has 0 aliphatic carbocycles. The third kappa shape index (κ3) is 3.80. The molecule has 3 rings (SSSR count). The van der Waals surface area contributed by atoms with Gasteiger partial charge >= 0.3 is 0 Å². The Kier molecular flexibility index (Phi) is 4.93. The van der Waals surface area contributed by atoms with Crippen LogP contribution in [0.1, 0.15) is 5.56 Å². The Morgan fingerprint density at radius 2 is 1.96 bits per heavy atom. The van der Waals surface area contributed by atoms with E-state index in [1.807, 2.05) is 0 Å². The predicted octanol–water partition coefficient (Wildman–Crippen LogP) is 2.68. The van der Waals surface area contributed by atoms with E-state index in [1.165, 1.54) is 12.3 Å². The van der Waals surface area contributed by atoms with Gasteiger partial charge in [0.15, 0.2) is 0 Å². The van der Waals surface area contributed by atoms with Gasteiger partial charge in [0.05, 0.1) is 30.0 Å². The highest BCUT2D eigenvalue weighted by Crippen LogP contribution is 2.22. The number of hydrogen-bond acceptors (Lipinski definition) is 5. The van der Waals surface area contributed by atoms with Crippen molar-refractivity contribution in [2.24, 2.45) is 0 Å². The van der Waals surface area contributed by atoms with Gasteiger partial charge in [0.2, 0.25) is 0 Å². The van der Waals surface area contributed by atoms with Crippen molar-refractivity contribution in [3.05, 3.63) is 47.1 Å². The van der Waals surface area contributed by atoms with Crippen LogP contribution in [0.25, 0.3) is 0 Å². The third-order valence-corrected chi connectivity index (χ3v) is 5.58. The fourth-order valence-electron chi connectivity index (χ4n) is 2.42. The maximum Gasteiger partial charge on any atom is 0.261 e. The molecule has 0 unspecified atom stereocenters. The molecule has 1 N–H and O–H groups in total.